The molecule has 0 aliphatic rings. The second-order valence-corrected chi connectivity index (χ2v) is 4.59. The van der Waals surface area contributed by atoms with Gasteiger partial charge in [0.25, 0.3) is 5.91 Å². The fraction of sp³-hybridized carbons (Fsp3) is 0.500. The fourth-order valence-electron chi connectivity index (χ4n) is 1.73. The molecule has 1 heterocycles. The molecule has 1 rings (SSSR count). The zero-order chi connectivity index (χ0) is 14.3. The minimum atomic E-state index is -0.288. The van der Waals surface area contributed by atoms with Crippen molar-refractivity contribution in [3.05, 3.63) is 29.6 Å². The molecule has 1 aromatic heterocycles. The fourth-order valence-corrected chi connectivity index (χ4v) is 1.73. The minimum absolute atomic E-state index is 0.0427. The molecule has 5 heteroatoms. The molecule has 5 nitrogen and oxygen atoms in total. The van der Waals surface area contributed by atoms with Gasteiger partial charge in [-0.1, -0.05) is 13.8 Å². The van der Waals surface area contributed by atoms with E-state index in [0.717, 1.165) is 12.8 Å². The Bertz CT molecular complexity index is 450. The van der Waals surface area contributed by atoms with Gasteiger partial charge < -0.3 is 10.4 Å². The first-order valence-electron chi connectivity index (χ1n) is 6.36. The Balaban J connectivity index is 2.67. The Morgan fingerprint density at radius 3 is 2.58 bits per heavy atom. The molecule has 0 aromatic carbocycles. The Morgan fingerprint density at radius 2 is 2.16 bits per heavy atom. The highest BCUT2D eigenvalue weighted by atomic mass is 16.3. The van der Waals surface area contributed by atoms with Crippen molar-refractivity contribution in [2.24, 2.45) is 5.41 Å². The molecule has 0 saturated heterocycles. The molecule has 0 atom stereocenters. The van der Waals surface area contributed by atoms with E-state index in [2.05, 4.69) is 10.3 Å². The van der Waals surface area contributed by atoms with E-state index in [1.165, 1.54) is 12.3 Å². The van der Waals surface area contributed by atoms with Gasteiger partial charge >= 0.3 is 0 Å². The van der Waals surface area contributed by atoms with E-state index in [1.807, 2.05) is 19.9 Å². The lowest BCUT2D eigenvalue weighted by atomic mass is 9.83. The summed E-state index contributed by atoms with van der Waals surface area (Å²) in [5.74, 6) is -0.288. The third-order valence-electron chi connectivity index (χ3n) is 3.58. The van der Waals surface area contributed by atoms with E-state index >= 15 is 0 Å². The molecule has 19 heavy (non-hydrogen) atoms. The van der Waals surface area contributed by atoms with Gasteiger partial charge in [-0.25, -0.2) is 4.98 Å². The van der Waals surface area contributed by atoms with E-state index in [1.54, 1.807) is 6.07 Å². The van der Waals surface area contributed by atoms with E-state index in [-0.39, 0.29) is 23.6 Å². The number of amides is 1. The number of aliphatic hydroxyl groups excluding tert-OH is 1. The van der Waals surface area contributed by atoms with Crippen molar-refractivity contribution in [1.82, 2.24) is 10.3 Å². The van der Waals surface area contributed by atoms with Crippen LogP contribution in [0.3, 0.4) is 0 Å². The predicted octanol–water partition coefficient (Wildman–Crippen LogP) is 1.48. The van der Waals surface area contributed by atoms with Crippen LogP contribution in [0.5, 0.6) is 0 Å². The van der Waals surface area contributed by atoms with Crippen molar-refractivity contribution in [3.8, 4) is 6.07 Å². The first-order valence-corrected chi connectivity index (χ1v) is 6.36. The SMILES string of the molecule is CCC(CC)(CO)CNC(=O)c1ccc(C#N)cn1. The van der Waals surface area contributed by atoms with Gasteiger partial charge in [-0.2, -0.15) is 5.26 Å². The normalized spacial score (nSPS) is 10.8. The lowest BCUT2D eigenvalue weighted by Crippen LogP contribution is -2.39. The summed E-state index contributed by atoms with van der Waals surface area (Å²) in [6.07, 6.45) is 2.95. The second kappa shape index (κ2) is 6.86. The molecule has 102 valence electrons. The summed E-state index contributed by atoms with van der Waals surface area (Å²) < 4.78 is 0. The van der Waals surface area contributed by atoms with E-state index in [9.17, 15) is 9.90 Å². The molecule has 0 unspecified atom stereocenters. The van der Waals surface area contributed by atoms with Crippen LogP contribution in [0.2, 0.25) is 0 Å². The highest BCUT2D eigenvalue weighted by Gasteiger charge is 2.26. The number of nitrogens with one attached hydrogen (secondary N) is 1. The summed E-state index contributed by atoms with van der Waals surface area (Å²) in [6, 6.07) is 5.03. The average molecular weight is 261 g/mol. The minimum Gasteiger partial charge on any atom is -0.396 e. The van der Waals surface area contributed by atoms with Crippen molar-refractivity contribution in [2.45, 2.75) is 26.7 Å². The Labute approximate surface area is 113 Å². The largest absolute Gasteiger partial charge is 0.396 e. The monoisotopic (exact) mass is 261 g/mol. The predicted molar refractivity (Wildman–Crippen MR) is 71.4 cm³/mol. The van der Waals surface area contributed by atoms with Crippen molar-refractivity contribution in [2.75, 3.05) is 13.2 Å². The van der Waals surface area contributed by atoms with Crippen LogP contribution in [0.1, 0.15) is 42.7 Å². The number of aliphatic hydroxyl groups is 1. The number of nitrogens with zero attached hydrogens (tertiary/aromatic N) is 2. The van der Waals surface area contributed by atoms with E-state index in [0.29, 0.717) is 12.1 Å². The zero-order valence-electron chi connectivity index (χ0n) is 11.3. The molecule has 0 aliphatic heterocycles. The number of rotatable bonds is 6. The van der Waals surface area contributed by atoms with Gasteiger partial charge in [-0.05, 0) is 25.0 Å². The molecule has 0 saturated carbocycles. The summed E-state index contributed by atoms with van der Waals surface area (Å²) in [7, 11) is 0. The summed E-state index contributed by atoms with van der Waals surface area (Å²) >= 11 is 0. The van der Waals surface area contributed by atoms with Crippen LogP contribution in [0.15, 0.2) is 18.3 Å². The number of pyridine rings is 1. The number of hydrogen-bond donors (Lipinski definition) is 2. The number of hydrogen-bond acceptors (Lipinski definition) is 4. The first-order chi connectivity index (χ1) is 9.10. The van der Waals surface area contributed by atoms with Gasteiger partial charge in [-0.3, -0.25) is 4.79 Å². The molecule has 0 spiro atoms. The molecular formula is C14H19N3O2. The first kappa shape index (κ1) is 15.1. The highest BCUT2D eigenvalue weighted by Crippen LogP contribution is 2.24. The maximum atomic E-state index is 11.9. The average Bonchev–Trinajstić information content (AvgIpc) is 2.49. The van der Waals surface area contributed by atoms with Crippen LogP contribution < -0.4 is 5.32 Å². The second-order valence-electron chi connectivity index (χ2n) is 4.59. The van der Waals surface area contributed by atoms with Crippen LogP contribution in [0, 0.1) is 16.7 Å². The Morgan fingerprint density at radius 1 is 1.47 bits per heavy atom. The molecular weight excluding hydrogens is 242 g/mol. The van der Waals surface area contributed by atoms with Gasteiger partial charge in [0.2, 0.25) is 0 Å². The van der Waals surface area contributed by atoms with Gasteiger partial charge in [-0.15, -0.1) is 0 Å². The Hall–Kier alpha value is -1.93. The quantitative estimate of drug-likeness (QED) is 0.812. The van der Waals surface area contributed by atoms with Crippen LogP contribution in [0.4, 0.5) is 0 Å². The van der Waals surface area contributed by atoms with E-state index in [4.69, 9.17) is 5.26 Å². The molecule has 0 radical (unpaired) electrons. The topological polar surface area (TPSA) is 86.0 Å². The summed E-state index contributed by atoms with van der Waals surface area (Å²) in [5.41, 5.74) is 0.420. The maximum absolute atomic E-state index is 11.9. The third kappa shape index (κ3) is 3.76. The highest BCUT2D eigenvalue weighted by molar-refractivity contribution is 5.92. The number of aromatic nitrogens is 1. The molecule has 2 N–H and O–H groups in total. The van der Waals surface area contributed by atoms with Gasteiger partial charge in [0.05, 0.1) is 12.2 Å². The molecule has 0 aliphatic carbocycles. The molecule has 1 aromatic rings. The van der Waals surface area contributed by atoms with Crippen LogP contribution in [-0.4, -0.2) is 29.1 Å². The van der Waals surface area contributed by atoms with Gasteiger partial charge in [0, 0.05) is 18.2 Å². The molecule has 0 bridgehead atoms. The van der Waals surface area contributed by atoms with Crippen molar-refractivity contribution < 1.29 is 9.90 Å². The van der Waals surface area contributed by atoms with Gasteiger partial charge in [0.1, 0.15) is 11.8 Å². The van der Waals surface area contributed by atoms with Crippen molar-refractivity contribution in [3.63, 3.8) is 0 Å². The standard InChI is InChI=1S/C14H19N3O2/c1-3-14(4-2,10-18)9-17-13(19)12-6-5-11(7-15)8-16-12/h5-6,8,18H,3-4,9-10H2,1-2H3,(H,17,19). The van der Waals surface area contributed by atoms with Crippen LogP contribution >= 0.6 is 0 Å². The lowest BCUT2D eigenvalue weighted by Gasteiger charge is -2.29. The third-order valence-corrected chi connectivity index (χ3v) is 3.58. The number of nitriles is 1. The maximum Gasteiger partial charge on any atom is 0.269 e. The smallest absolute Gasteiger partial charge is 0.269 e. The van der Waals surface area contributed by atoms with Gasteiger partial charge in [0.15, 0.2) is 0 Å². The number of carbonyl (C=O) groups is 1. The van der Waals surface area contributed by atoms with Crippen LogP contribution in [-0.2, 0) is 0 Å². The lowest BCUT2D eigenvalue weighted by molar-refractivity contribution is 0.0847. The van der Waals surface area contributed by atoms with Crippen LogP contribution in [0.25, 0.3) is 0 Å². The number of carbonyl (C=O) groups excluding carboxylic acids is 1. The summed E-state index contributed by atoms with van der Waals surface area (Å²) in [6.45, 7) is 4.44. The summed E-state index contributed by atoms with van der Waals surface area (Å²) in [4.78, 5) is 15.8. The summed E-state index contributed by atoms with van der Waals surface area (Å²) in [5, 5.41) is 20.9. The molecule has 0 fully saturated rings. The van der Waals surface area contributed by atoms with E-state index < -0.39 is 0 Å². The van der Waals surface area contributed by atoms with Crippen molar-refractivity contribution >= 4 is 5.91 Å². The zero-order valence-corrected chi connectivity index (χ0v) is 11.3. The van der Waals surface area contributed by atoms with Crippen molar-refractivity contribution in [1.29, 1.82) is 5.26 Å². The Kier molecular flexibility index (Phi) is 5.46. The molecule has 1 amide bonds.